The zero-order valence-electron chi connectivity index (χ0n) is 23.1. The maximum Gasteiger partial charge on any atom is 0.348 e. The summed E-state index contributed by atoms with van der Waals surface area (Å²) in [7, 11) is 0. The number of carbonyl (C=O) groups is 1. The Morgan fingerprint density at radius 2 is 1.95 bits per heavy atom. The fourth-order valence-electron chi connectivity index (χ4n) is 7.05. The number of ether oxygens (including phenoxy) is 1. The van der Waals surface area contributed by atoms with Gasteiger partial charge >= 0.3 is 5.97 Å². The van der Waals surface area contributed by atoms with E-state index in [-0.39, 0.29) is 21.1 Å². The van der Waals surface area contributed by atoms with Crippen molar-refractivity contribution in [3.63, 3.8) is 0 Å². The number of para-hydroxylation sites is 1. The summed E-state index contributed by atoms with van der Waals surface area (Å²) in [4.78, 5) is 15.3. The molecule has 2 saturated carbocycles. The van der Waals surface area contributed by atoms with Gasteiger partial charge in [-0.2, -0.15) is 5.26 Å². The Hall–Kier alpha value is -2.71. The number of thiophene rings is 1. The first-order chi connectivity index (χ1) is 20.4. The number of nitriles is 1. The molecule has 8 rings (SSSR count). The summed E-state index contributed by atoms with van der Waals surface area (Å²) < 4.78 is 25.0. The highest BCUT2D eigenvalue weighted by atomic mass is 32.2. The van der Waals surface area contributed by atoms with E-state index in [2.05, 4.69) is 46.0 Å². The molecule has 3 aliphatic heterocycles. The van der Waals surface area contributed by atoms with Crippen LogP contribution in [0.15, 0.2) is 53.4 Å². The lowest BCUT2D eigenvalue weighted by Crippen LogP contribution is -2.45. The van der Waals surface area contributed by atoms with Crippen molar-refractivity contribution in [3.05, 3.63) is 59.2 Å². The standard InChI is InChI=1S/C32H32FN3O3S3/c33-23-12-27(41-29(23)30(37)38)22-11-28-25(13-26(22)39-18-32-15-31(16-32,17-34)19-40-32)36(21-9-5-2-6-10-21)14-24(35-42-28)20-7-3-1-4-8-20/h2,5-6,9-13,20,24,35H,1,3-4,7-8,14-16,18-19H2,(H,37,38)/t24-,31?,32?/m0/s1. The van der Waals surface area contributed by atoms with Gasteiger partial charge in [-0.3, -0.25) is 4.72 Å². The topological polar surface area (TPSA) is 85.6 Å². The molecule has 42 heavy (non-hydrogen) atoms. The molecular weight excluding hydrogens is 590 g/mol. The summed E-state index contributed by atoms with van der Waals surface area (Å²) in [5.74, 6) is 0.0190. The summed E-state index contributed by atoms with van der Waals surface area (Å²) in [6, 6.07) is 18.6. The average Bonchev–Trinajstić information content (AvgIpc) is 3.65. The lowest BCUT2D eigenvalue weighted by molar-refractivity contribution is 0.0697. The highest BCUT2D eigenvalue weighted by molar-refractivity contribution is 8.01. The van der Waals surface area contributed by atoms with Crippen molar-refractivity contribution in [3.8, 4) is 22.3 Å². The van der Waals surface area contributed by atoms with Gasteiger partial charge in [-0.1, -0.05) is 37.5 Å². The van der Waals surface area contributed by atoms with Gasteiger partial charge in [-0.25, -0.2) is 9.18 Å². The first-order valence-corrected chi connectivity index (χ1v) is 17.1. The Bertz CT molecular complexity index is 1540. The van der Waals surface area contributed by atoms with Crippen LogP contribution in [0.2, 0.25) is 0 Å². The Labute approximate surface area is 257 Å². The maximum atomic E-state index is 14.7. The van der Waals surface area contributed by atoms with Crippen molar-refractivity contribution in [2.45, 2.75) is 60.6 Å². The second kappa shape index (κ2) is 11.1. The van der Waals surface area contributed by atoms with Gasteiger partial charge in [0.25, 0.3) is 0 Å². The average molecular weight is 622 g/mol. The van der Waals surface area contributed by atoms with Crippen molar-refractivity contribution < 1.29 is 19.0 Å². The molecule has 0 unspecified atom stereocenters. The number of aromatic carboxylic acids is 1. The van der Waals surface area contributed by atoms with Gasteiger partial charge in [0, 0.05) is 45.4 Å². The normalized spacial score (nSPS) is 27.0. The molecule has 0 radical (unpaired) electrons. The monoisotopic (exact) mass is 621 g/mol. The lowest BCUT2D eigenvalue weighted by Gasteiger charge is -2.41. The van der Waals surface area contributed by atoms with Crippen LogP contribution in [0.5, 0.6) is 5.75 Å². The first-order valence-electron chi connectivity index (χ1n) is 14.5. The molecule has 5 aliphatic rings. The van der Waals surface area contributed by atoms with E-state index in [1.54, 1.807) is 11.9 Å². The summed E-state index contributed by atoms with van der Waals surface area (Å²) in [6.45, 7) is 1.27. The number of benzene rings is 2. The largest absolute Gasteiger partial charge is 0.491 e. The van der Waals surface area contributed by atoms with Crippen molar-refractivity contribution in [1.82, 2.24) is 4.72 Å². The van der Waals surface area contributed by atoms with Crippen molar-refractivity contribution >= 4 is 52.4 Å². The van der Waals surface area contributed by atoms with Crippen molar-refractivity contribution in [2.75, 3.05) is 23.8 Å². The highest BCUT2D eigenvalue weighted by Gasteiger charge is 2.62. The van der Waals surface area contributed by atoms with E-state index >= 15 is 0 Å². The minimum absolute atomic E-state index is 0.0891. The van der Waals surface area contributed by atoms with Crippen LogP contribution in [0.3, 0.4) is 0 Å². The van der Waals surface area contributed by atoms with Crippen molar-refractivity contribution in [1.29, 1.82) is 5.26 Å². The predicted octanol–water partition coefficient (Wildman–Crippen LogP) is 8.12. The molecule has 2 aliphatic carbocycles. The molecule has 218 valence electrons. The number of nitrogens with zero attached hydrogens (tertiary/aromatic N) is 2. The number of hydrogen-bond acceptors (Lipinski definition) is 8. The zero-order valence-corrected chi connectivity index (χ0v) is 25.6. The number of nitrogens with one attached hydrogen (secondary N) is 1. The third kappa shape index (κ3) is 5.08. The van der Waals surface area contributed by atoms with Gasteiger partial charge in [0.05, 0.1) is 21.9 Å². The number of anilines is 2. The minimum atomic E-state index is -1.27. The van der Waals surface area contributed by atoms with E-state index < -0.39 is 11.8 Å². The van der Waals surface area contributed by atoms with Crippen molar-refractivity contribution in [2.24, 2.45) is 11.3 Å². The van der Waals surface area contributed by atoms with Crippen LogP contribution in [0.1, 0.15) is 54.6 Å². The second-order valence-electron chi connectivity index (χ2n) is 12.1. The fourth-order valence-corrected chi connectivity index (χ4v) is 10.7. The molecule has 6 nitrogen and oxygen atoms in total. The van der Waals surface area contributed by atoms with Gasteiger partial charge < -0.3 is 14.7 Å². The number of hydrogen-bond donors (Lipinski definition) is 2. The predicted molar refractivity (Wildman–Crippen MR) is 167 cm³/mol. The third-order valence-corrected chi connectivity index (χ3v) is 13.0. The van der Waals surface area contributed by atoms with Gasteiger partial charge in [0.2, 0.25) is 0 Å². The molecule has 10 heteroatoms. The molecular formula is C32H32FN3O3S3. The van der Waals surface area contributed by atoms with Gasteiger partial charge in [-0.05, 0) is 67.8 Å². The second-order valence-corrected chi connectivity index (χ2v) is 15.5. The maximum absolute atomic E-state index is 14.7. The van der Waals surface area contributed by atoms with Crippen LogP contribution in [0.25, 0.3) is 10.4 Å². The smallest absolute Gasteiger partial charge is 0.348 e. The molecule has 0 spiro atoms. The van der Waals surface area contributed by atoms with E-state index in [1.165, 1.54) is 38.2 Å². The third-order valence-electron chi connectivity index (χ3n) is 9.19. The Morgan fingerprint density at radius 3 is 2.64 bits per heavy atom. The summed E-state index contributed by atoms with van der Waals surface area (Å²) in [6.07, 6.45) is 7.89. The number of carboxylic acids is 1. The molecule has 4 fully saturated rings. The zero-order chi connectivity index (χ0) is 28.9. The Kier molecular flexibility index (Phi) is 7.42. The van der Waals surface area contributed by atoms with Gasteiger partial charge in [0.15, 0.2) is 0 Å². The number of thioether (sulfide) groups is 1. The Balaban J connectivity index is 1.29. The molecule has 4 heterocycles. The van der Waals surface area contributed by atoms with Crippen LogP contribution in [-0.4, -0.2) is 40.8 Å². The van der Waals surface area contributed by atoms with E-state index in [0.29, 0.717) is 28.7 Å². The molecule has 1 atom stereocenters. The van der Waals surface area contributed by atoms with Crippen LogP contribution in [0.4, 0.5) is 15.8 Å². The molecule has 2 bridgehead atoms. The SMILES string of the molecule is N#CC12CSC(COc3cc4c(cc3-c3cc(F)c(C(=O)O)s3)SN[C@H](C3CCCCC3)CN4c3ccccc3)(C1)C2. The Morgan fingerprint density at radius 1 is 1.17 bits per heavy atom. The van der Waals surface area contributed by atoms with Crippen LogP contribution in [0, 0.1) is 28.5 Å². The molecule has 2 aromatic carbocycles. The summed E-state index contributed by atoms with van der Waals surface area (Å²) in [5.41, 5.74) is 2.57. The van der Waals surface area contributed by atoms with E-state index in [4.69, 9.17) is 4.74 Å². The van der Waals surface area contributed by atoms with E-state index in [0.717, 1.165) is 52.7 Å². The van der Waals surface area contributed by atoms with Gasteiger partial charge in [0.1, 0.15) is 23.1 Å². The quantitative estimate of drug-likeness (QED) is 0.256. The lowest BCUT2D eigenvalue weighted by atomic mass is 9.64. The molecule has 1 aromatic heterocycles. The molecule has 2 saturated heterocycles. The number of halogens is 1. The number of rotatable bonds is 7. The highest BCUT2D eigenvalue weighted by Crippen LogP contribution is 2.65. The molecule has 3 aromatic rings. The fraction of sp³-hybridized carbons (Fsp3) is 0.438. The molecule has 2 N–H and O–H groups in total. The first kappa shape index (κ1) is 28.1. The number of fused-ring (bicyclic) bond motifs is 2. The minimum Gasteiger partial charge on any atom is -0.491 e. The summed E-state index contributed by atoms with van der Waals surface area (Å²) in [5, 5.41) is 19.2. The number of carboxylic acid groups (broad SMARTS) is 1. The van der Waals surface area contributed by atoms with Crippen LogP contribution in [-0.2, 0) is 0 Å². The van der Waals surface area contributed by atoms with Crippen LogP contribution < -0.4 is 14.4 Å². The molecule has 0 amide bonds. The van der Waals surface area contributed by atoms with E-state index in [9.17, 15) is 19.6 Å². The van der Waals surface area contributed by atoms with Crippen LogP contribution >= 0.6 is 35.0 Å². The van der Waals surface area contributed by atoms with Gasteiger partial charge in [-0.15, -0.1) is 23.1 Å². The van der Waals surface area contributed by atoms with E-state index in [1.807, 2.05) is 23.9 Å². The summed E-state index contributed by atoms with van der Waals surface area (Å²) >= 11 is 4.35.